The van der Waals surface area contributed by atoms with Gasteiger partial charge >= 0.3 is 0 Å². The topological polar surface area (TPSA) is 72.5 Å². The summed E-state index contributed by atoms with van der Waals surface area (Å²) in [5.41, 5.74) is 0.825. The Labute approximate surface area is 136 Å². The Bertz CT molecular complexity index is 755. The van der Waals surface area contributed by atoms with Crippen LogP contribution >= 0.6 is 0 Å². The zero-order valence-corrected chi connectivity index (χ0v) is 13.8. The molecule has 0 saturated carbocycles. The Morgan fingerprint density at radius 3 is 2.26 bits per heavy atom. The molecule has 6 heteroatoms. The van der Waals surface area contributed by atoms with Crippen LogP contribution in [0.25, 0.3) is 0 Å². The predicted octanol–water partition coefficient (Wildman–Crippen LogP) is 2.35. The molecule has 0 aromatic heterocycles. The fourth-order valence-electron chi connectivity index (χ4n) is 2.04. The highest BCUT2D eigenvalue weighted by molar-refractivity contribution is 7.90. The second-order valence-electron chi connectivity index (χ2n) is 5.23. The lowest BCUT2D eigenvalue weighted by Gasteiger charge is -2.15. The van der Waals surface area contributed by atoms with Gasteiger partial charge in [-0.05, 0) is 36.8 Å². The molecule has 0 heterocycles. The molecule has 1 N–H and O–H groups in total. The molecule has 0 aliphatic rings. The highest BCUT2D eigenvalue weighted by Gasteiger charge is 2.12. The van der Waals surface area contributed by atoms with E-state index < -0.39 is 9.84 Å². The average Bonchev–Trinajstić information content (AvgIpc) is 2.53. The normalized spacial score (nSPS) is 12.4. The molecule has 2 rings (SSSR count). The third-order valence-corrected chi connectivity index (χ3v) is 4.43. The largest absolute Gasteiger partial charge is 0.484 e. The van der Waals surface area contributed by atoms with E-state index in [2.05, 4.69) is 5.32 Å². The number of para-hydroxylation sites is 1. The minimum absolute atomic E-state index is 0.0736. The van der Waals surface area contributed by atoms with Gasteiger partial charge in [-0.3, -0.25) is 4.79 Å². The Balaban J connectivity index is 1.90. The van der Waals surface area contributed by atoms with Crippen LogP contribution in [0.4, 0.5) is 0 Å². The molecule has 0 spiro atoms. The van der Waals surface area contributed by atoms with Crippen molar-refractivity contribution in [2.24, 2.45) is 0 Å². The number of hydrogen-bond donors (Lipinski definition) is 1. The van der Waals surface area contributed by atoms with Gasteiger partial charge in [0.15, 0.2) is 16.4 Å². The van der Waals surface area contributed by atoms with Crippen molar-refractivity contribution in [3.8, 4) is 5.75 Å². The van der Waals surface area contributed by atoms with Crippen molar-refractivity contribution >= 4 is 15.7 Å². The minimum atomic E-state index is -3.21. The molecule has 1 amide bonds. The van der Waals surface area contributed by atoms with Gasteiger partial charge in [0.05, 0.1) is 10.9 Å². The Hall–Kier alpha value is -2.34. The number of carbonyl (C=O) groups is 1. The molecule has 23 heavy (non-hydrogen) atoms. The highest BCUT2D eigenvalue weighted by Crippen LogP contribution is 2.16. The van der Waals surface area contributed by atoms with E-state index in [4.69, 9.17) is 4.74 Å². The first-order valence-electron chi connectivity index (χ1n) is 7.13. The summed E-state index contributed by atoms with van der Waals surface area (Å²) in [5.74, 6) is 0.390. The quantitative estimate of drug-likeness (QED) is 0.881. The second kappa shape index (κ2) is 7.28. The monoisotopic (exact) mass is 333 g/mol. The van der Waals surface area contributed by atoms with Crippen LogP contribution < -0.4 is 10.1 Å². The summed E-state index contributed by atoms with van der Waals surface area (Å²) in [6, 6.07) is 15.3. The van der Waals surface area contributed by atoms with Crippen LogP contribution in [0.2, 0.25) is 0 Å². The highest BCUT2D eigenvalue weighted by atomic mass is 32.2. The SMILES string of the molecule is C[C@@H](NC(=O)COc1ccccc1)c1ccc(S(C)(=O)=O)cc1. The van der Waals surface area contributed by atoms with Crippen molar-refractivity contribution in [2.75, 3.05) is 12.9 Å². The van der Waals surface area contributed by atoms with E-state index in [1.54, 1.807) is 24.3 Å². The zero-order chi connectivity index (χ0) is 16.9. The summed E-state index contributed by atoms with van der Waals surface area (Å²) < 4.78 is 28.2. The van der Waals surface area contributed by atoms with Crippen LogP contribution in [0.1, 0.15) is 18.5 Å². The van der Waals surface area contributed by atoms with Crippen molar-refractivity contribution in [1.29, 1.82) is 0 Å². The Morgan fingerprint density at radius 2 is 1.70 bits per heavy atom. The molecular formula is C17H19NO4S. The molecule has 0 aliphatic carbocycles. The van der Waals surface area contributed by atoms with Crippen LogP contribution in [0.5, 0.6) is 5.75 Å². The number of nitrogens with one attached hydrogen (secondary N) is 1. The van der Waals surface area contributed by atoms with E-state index in [1.165, 1.54) is 12.1 Å². The van der Waals surface area contributed by atoms with Gasteiger partial charge in [-0.2, -0.15) is 0 Å². The van der Waals surface area contributed by atoms with Gasteiger partial charge in [0.2, 0.25) is 0 Å². The summed E-state index contributed by atoms with van der Waals surface area (Å²) in [6.07, 6.45) is 1.16. The average molecular weight is 333 g/mol. The molecule has 0 saturated heterocycles. The van der Waals surface area contributed by atoms with Gasteiger partial charge in [0.1, 0.15) is 5.75 Å². The van der Waals surface area contributed by atoms with Crippen LogP contribution in [0, 0.1) is 0 Å². The van der Waals surface area contributed by atoms with Crippen molar-refractivity contribution in [1.82, 2.24) is 5.32 Å². The van der Waals surface area contributed by atoms with E-state index in [1.807, 2.05) is 25.1 Å². The van der Waals surface area contributed by atoms with Gasteiger partial charge in [0.25, 0.3) is 5.91 Å². The molecule has 0 unspecified atom stereocenters. The molecule has 0 aliphatic heterocycles. The standard InChI is InChI=1S/C17H19NO4S/c1-13(14-8-10-16(11-9-14)23(2,20)21)18-17(19)12-22-15-6-4-3-5-7-15/h3-11,13H,12H2,1-2H3,(H,18,19)/t13-/m1/s1. The first-order valence-corrected chi connectivity index (χ1v) is 9.02. The summed E-state index contributed by atoms with van der Waals surface area (Å²) in [5, 5.41) is 2.81. The van der Waals surface area contributed by atoms with Crippen molar-refractivity contribution < 1.29 is 17.9 Å². The first kappa shape index (κ1) is 17.0. The Morgan fingerprint density at radius 1 is 1.09 bits per heavy atom. The van der Waals surface area contributed by atoms with Crippen LogP contribution in [-0.4, -0.2) is 27.2 Å². The molecule has 2 aromatic carbocycles. The van der Waals surface area contributed by atoms with Crippen molar-refractivity contribution in [2.45, 2.75) is 17.9 Å². The number of rotatable bonds is 6. The van der Waals surface area contributed by atoms with Crippen molar-refractivity contribution in [3.05, 3.63) is 60.2 Å². The van der Waals surface area contributed by atoms with Crippen LogP contribution in [0.15, 0.2) is 59.5 Å². The van der Waals surface area contributed by atoms with Gasteiger partial charge in [-0.15, -0.1) is 0 Å². The number of amides is 1. The smallest absolute Gasteiger partial charge is 0.258 e. The van der Waals surface area contributed by atoms with Gasteiger partial charge in [0, 0.05) is 6.26 Å². The number of sulfone groups is 1. The maximum atomic E-state index is 11.9. The lowest BCUT2D eigenvalue weighted by Crippen LogP contribution is -2.31. The third-order valence-electron chi connectivity index (χ3n) is 3.30. The Kier molecular flexibility index (Phi) is 5.39. The number of hydrogen-bond acceptors (Lipinski definition) is 4. The fourth-order valence-corrected chi connectivity index (χ4v) is 2.67. The lowest BCUT2D eigenvalue weighted by molar-refractivity contribution is -0.123. The first-order chi connectivity index (χ1) is 10.9. The van der Waals surface area contributed by atoms with Crippen LogP contribution in [0.3, 0.4) is 0 Å². The third kappa shape index (κ3) is 5.10. The molecule has 0 bridgehead atoms. The van der Waals surface area contributed by atoms with Gasteiger partial charge in [-0.1, -0.05) is 30.3 Å². The number of ether oxygens (including phenoxy) is 1. The molecule has 1 atom stereocenters. The lowest BCUT2D eigenvalue weighted by atomic mass is 10.1. The van der Waals surface area contributed by atoms with E-state index in [-0.39, 0.29) is 23.5 Å². The molecular weight excluding hydrogens is 314 g/mol. The molecule has 0 radical (unpaired) electrons. The summed E-state index contributed by atoms with van der Waals surface area (Å²) in [4.78, 5) is 12.2. The van der Waals surface area contributed by atoms with Crippen LogP contribution in [-0.2, 0) is 14.6 Å². The molecule has 0 fully saturated rings. The number of carbonyl (C=O) groups excluding carboxylic acids is 1. The van der Waals surface area contributed by atoms with E-state index in [0.717, 1.165) is 11.8 Å². The predicted molar refractivity (Wildman–Crippen MR) is 88.0 cm³/mol. The number of benzene rings is 2. The van der Waals surface area contributed by atoms with Crippen molar-refractivity contribution in [3.63, 3.8) is 0 Å². The van der Waals surface area contributed by atoms with E-state index in [0.29, 0.717) is 5.75 Å². The second-order valence-corrected chi connectivity index (χ2v) is 7.25. The van der Waals surface area contributed by atoms with E-state index >= 15 is 0 Å². The maximum absolute atomic E-state index is 11.9. The molecule has 122 valence electrons. The van der Waals surface area contributed by atoms with Gasteiger partial charge < -0.3 is 10.1 Å². The molecule has 5 nitrogen and oxygen atoms in total. The zero-order valence-electron chi connectivity index (χ0n) is 13.0. The minimum Gasteiger partial charge on any atom is -0.484 e. The van der Waals surface area contributed by atoms with E-state index in [9.17, 15) is 13.2 Å². The van der Waals surface area contributed by atoms with Gasteiger partial charge in [-0.25, -0.2) is 8.42 Å². The fraction of sp³-hybridized carbons (Fsp3) is 0.235. The summed E-state index contributed by atoms with van der Waals surface area (Å²) in [7, 11) is -3.21. The maximum Gasteiger partial charge on any atom is 0.258 e. The molecule has 2 aromatic rings. The summed E-state index contributed by atoms with van der Waals surface area (Å²) in [6.45, 7) is 1.76. The summed E-state index contributed by atoms with van der Waals surface area (Å²) >= 11 is 0.